The molecule has 13 heavy (non-hydrogen) atoms. The molecule has 0 saturated heterocycles. The summed E-state index contributed by atoms with van der Waals surface area (Å²) in [4.78, 5) is 8.38. The van der Waals surface area contributed by atoms with E-state index in [9.17, 15) is 0 Å². The number of rotatable bonds is 1. The van der Waals surface area contributed by atoms with Crippen LogP contribution in [0.4, 0.5) is 5.69 Å². The van der Waals surface area contributed by atoms with E-state index >= 15 is 0 Å². The van der Waals surface area contributed by atoms with Crippen molar-refractivity contribution in [2.75, 3.05) is 0 Å². The van der Waals surface area contributed by atoms with Gasteiger partial charge in [-0.05, 0) is 25.2 Å². The average molecular weight is 188 g/mol. The van der Waals surface area contributed by atoms with Crippen LogP contribution in [-0.2, 0) is 5.54 Å². The van der Waals surface area contributed by atoms with Gasteiger partial charge in [-0.2, -0.15) is 0 Å². The Labute approximate surface area is 82.0 Å². The molecule has 0 fully saturated rings. The summed E-state index contributed by atoms with van der Waals surface area (Å²) in [6.45, 7) is 1.97. The van der Waals surface area contributed by atoms with Crippen LogP contribution in [0.5, 0.6) is 0 Å². The third kappa shape index (κ3) is 1.22. The van der Waals surface area contributed by atoms with Crippen LogP contribution in [-0.4, -0.2) is 11.4 Å². The summed E-state index contributed by atoms with van der Waals surface area (Å²) in [6, 6.07) is 7.92. The minimum atomic E-state index is -0.404. The molecule has 3 heteroatoms. The maximum absolute atomic E-state index is 4.61. The van der Waals surface area contributed by atoms with Crippen LogP contribution in [0.1, 0.15) is 12.5 Å². The molecule has 1 atom stereocenters. The van der Waals surface area contributed by atoms with Gasteiger partial charge in [0.05, 0.1) is 10.8 Å². The molecule has 1 aromatic rings. The van der Waals surface area contributed by atoms with E-state index in [1.165, 1.54) is 0 Å². The van der Waals surface area contributed by atoms with Crippen molar-refractivity contribution in [3.05, 3.63) is 29.8 Å². The van der Waals surface area contributed by atoms with E-state index in [0.717, 1.165) is 11.3 Å². The van der Waals surface area contributed by atoms with Gasteiger partial charge < -0.3 is 0 Å². The van der Waals surface area contributed by atoms with E-state index in [4.69, 9.17) is 0 Å². The highest BCUT2D eigenvalue weighted by Crippen LogP contribution is 2.36. The Kier molecular flexibility index (Phi) is 1.83. The Morgan fingerprint density at radius 2 is 2.23 bits per heavy atom. The topological polar surface area (TPSA) is 24.7 Å². The Morgan fingerprint density at radius 1 is 1.46 bits per heavy atom. The summed E-state index contributed by atoms with van der Waals surface area (Å²) < 4.78 is 0. The first kappa shape index (κ1) is 8.30. The van der Waals surface area contributed by atoms with Gasteiger partial charge in [0.1, 0.15) is 5.54 Å². The van der Waals surface area contributed by atoms with Crippen molar-refractivity contribution >= 4 is 29.3 Å². The van der Waals surface area contributed by atoms with Gasteiger partial charge >= 0.3 is 0 Å². The molecular weight excluding hydrogens is 180 g/mol. The fraction of sp³-hybridized carbons (Fsp3) is 0.200. The third-order valence-electron chi connectivity index (χ3n) is 2.18. The van der Waals surface area contributed by atoms with Gasteiger partial charge in [-0.3, -0.25) is 4.99 Å². The number of hydrogen-bond donors (Lipinski definition) is 0. The molecule has 1 aliphatic heterocycles. The van der Waals surface area contributed by atoms with E-state index in [1.54, 1.807) is 6.21 Å². The molecular formula is C10H8N2S. The number of benzene rings is 1. The fourth-order valence-corrected chi connectivity index (χ4v) is 1.65. The van der Waals surface area contributed by atoms with Crippen molar-refractivity contribution in [1.82, 2.24) is 0 Å². The number of hydrogen-bond acceptors (Lipinski definition) is 3. The predicted octanol–water partition coefficient (Wildman–Crippen LogP) is 2.72. The maximum atomic E-state index is 4.61. The number of thiocarbonyl (C=S) groups is 1. The van der Waals surface area contributed by atoms with Crippen LogP contribution in [0.15, 0.2) is 34.3 Å². The minimum absolute atomic E-state index is 0.404. The highest BCUT2D eigenvalue weighted by molar-refractivity contribution is 7.78. The first-order valence-electron chi connectivity index (χ1n) is 4.00. The second-order valence-corrected chi connectivity index (χ2v) is 3.31. The molecule has 1 aromatic carbocycles. The second-order valence-electron chi connectivity index (χ2n) is 3.13. The van der Waals surface area contributed by atoms with E-state index in [0.29, 0.717) is 0 Å². The van der Waals surface area contributed by atoms with Crippen molar-refractivity contribution in [3.63, 3.8) is 0 Å². The second kappa shape index (κ2) is 2.87. The highest BCUT2D eigenvalue weighted by atomic mass is 32.1. The van der Waals surface area contributed by atoms with Gasteiger partial charge in [0.15, 0.2) is 0 Å². The molecule has 0 N–H and O–H groups in total. The van der Waals surface area contributed by atoms with Gasteiger partial charge in [0, 0.05) is 11.8 Å². The first-order chi connectivity index (χ1) is 6.26. The summed E-state index contributed by atoms with van der Waals surface area (Å²) in [5.41, 5.74) is 1.66. The molecule has 0 aliphatic carbocycles. The number of fused-ring (bicyclic) bond motifs is 1. The number of nitrogens with zero attached hydrogens (tertiary/aromatic N) is 2. The number of aliphatic imine (C=N–C) groups is 2. The molecule has 1 aliphatic rings. The van der Waals surface area contributed by atoms with Gasteiger partial charge in [0.2, 0.25) is 0 Å². The van der Waals surface area contributed by atoms with Crippen molar-refractivity contribution < 1.29 is 0 Å². The Balaban J connectivity index is 2.61. The van der Waals surface area contributed by atoms with Crippen molar-refractivity contribution in [1.29, 1.82) is 0 Å². The van der Waals surface area contributed by atoms with Crippen molar-refractivity contribution in [2.45, 2.75) is 12.5 Å². The van der Waals surface area contributed by atoms with Crippen LogP contribution in [0.25, 0.3) is 0 Å². The summed E-state index contributed by atoms with van der Waals surface area (Å²) >= 11 is 4.61. The third-order valence-corrected chi connectivity index (χ3v) is 2.27. The zero-order valence-electron chi connectivity index (χ0n) is 7.19. The van der Waals surface area contributed by atoms with Gasteiger partial charge in [-0.1, -0.05) is 18.2 Å². The summed E-state index contributed by atoms with van der Waals surface area (Å²) in [5.74, 6) is 0. The monoisotopic (exact) mass is 188 g/mol. The van der Waals surface area contributed by atoms with Gasteiger partial charge in [-0.25, -0.2) is 4.99 Å². The normalized spacial score (nSPS) is 23.8. The molecule has 64 valence electrons. The molecule has 0 spiro atoms. The van der Waals surface area contributed by atoms with E-state index in [2.05, 4.69) is 27.4 Å². The van der Waals surface area contributed by atoms with Crippen molar-refractivity contribution in [3.8, 4) is 0 Å². The highest BCUT2D eigenvalue weighted by Gasteiger charge is 2.30. The predicted molar refractivity (Wildman–Crippen MR) is 57.0 cm³/mol. The number of para-hydroxylation sites is 1. The largest absolute Gasteiger partial charge is 0.258 e. The van der Waals surface area contributed by atoms with E-state index < -0.39 is 5.54 Å². The summed E-state index contributed by atoms with van der Waals surface area (Å²) in [5, 5.41) is 2.41. The molecule has 1 heterocycles. The zero-order chi connectivity index (χ0) is 9.31. The molecule has 0 aromatic heterocycles. The SMILES string of the molecule is CC1(N=C=S)C=Nc2ccccc21. The standard InChI is InChI=1S/C10H8N2S/c1-10(12-7-13)6-11-9-5-3-2-4-8(9)10/h2-6H,1H3. The molecule has 1 unspecified atom stereocenters. The molecule has 0 bridgehead atoms. The lowest BCUT2D eigenvalue weighted by Gasteiger charge is -2.14. The minimum Gasteiger partial charge on any atom is -0.258 e. The first-order valence-corrected chi connectivity index (χ1v) is 4.41. The zero-order valence-corrected chi connectivity index (χ0v) is 8.01. The van der Waals surface area contributed by atoms with Crippen LogP contribution < -0.4 is 0 Å². The lowest BCUT2D eigenvalue weighted by molar-refractivity contribution is 0.718. The Bertz CT molecular complexity index is 419. The quantitative estimate of drug-likeness (QED) is 0.491. The summed E-state index contributed by atoms with van der Waals surface area (Å²) in [6.07, 6.45) is 1.80. The van der Waals surface area contributed by atoms with E-state index in [-0.39, 0.29) is 0 Å². The molecule has 0 amide bonds. The lowest BCUT2D eigenvalue weighted by Crippen LogP contribution is -2.16. The molecule has 0 radical (unpaired) electrons. The average Bonchev–Trinajstić information content (AvgIpc) is 2.46. The van der Waals surface area contributed by atoms with Crippen LogP contribution in [0.2, 0.25) is 0 Å². The maximum Gasteiger partial charge on any atom is 0.130 e. The number of isothiocyanates is 1. The van der Waals surface area contributed by atoms with Crippen LogP contribution in [0.3, 0.4) is 0 Å². The van der Waals surface area contributed by atoms with E-state index in [1.807, 2.05) is 31.2 Å². The Morgan fingerprint density at radius 3 is 3.00 bits per heavy atom. The van der Waals surface area contributed by atoms with Crippen LogP contribution >= 0.6 is 12.2 Å². The van der Waals surface area contributed by atoms with Gasteiger partial charge in [-0.15, -0.1) is 0 Å². The molecule has 0 saturated carbocycles. The Hall–Kier alpha value is -1.31. The van der Waals surface area contributed by atoms with Crippen molar-refractivity contribution in [2.24, 2.45) is 9.98 Å². The smallest absolute Gasteiger partial charge is 0.130 e. The van der Waals surface area contributed by atoms with Gasteiger partial charge in [0.25, 0.3) is 0 Å². The van der Waals surface area contributed by atoms with Crippen LogP contribution in [0, 0.1) is 0 Å². The fourth-order valence-electron chi connectivity index (χ4n) is 1.46. The molecule has 2 rings (SSSR count). The lowest BCUT2D eigenvalue weighted by atomic mass is 9.95. The molecule has 2 nitrogen and oxygen atoms in total. The summed E-state index contributed by atoms with van der Waals surface area (Å²) in [7, 11) is 0.